The summed E-state index contributed by atoms with van der Waals surface area (Å²) >= 11 is 0. The number of aliphatic carboxylic acids is 1. The fourth-order valence-corrected chi connectivity index (χ4v) is 2.29. The van der Waals surface area contributed by atoms with Crippen LogP contribution in [-0.4, -0.2) is 23.2 Å². The Hall–Kier alpha value is -2.04. The number of hydrogen-bond acceptors (Lipinski definition) is 3. The fraction of sp³-hybridized carbons (Fsp3) is 0.556. The van der Waals surface area contributed by atoms with Gasteiger partial charge in [-0.15, -0.1) is 0 Å². The number of unbranched alkanes of at least 4 members (excludes halogenated alkanes) is 5. The van der Waals surface area contributed by atoms with E-state index in [1.165, 1.54) is 19.3 Å². The van der Waals surface area contributed by atoms with Crippen LogP contribution in [0.15, 0.2) is 30.3 Å². The molecule has 0 saturated carbocycles. The van der Waals surface area contributed by atoms with Gasteiger partial charge in [0.25, 0.3) is 0 Å². The van der Waals surface area contributed by atoms with Crippen molar-refractivity contribution in [2.45, 2.75) is 64.5 Å². The average Bonchev–Trinajstić information content (AvgIpc) is 2.55. The zero-order chi connectivity index (χ0) is 16.9. The van der Waals surface area contributed by atoms with Gasteiger partial charge in [-0.3, -0.25) is 0 Å². The average molecular weight is 321 g/mol. The Labute approximate surface area is 138 Å². The van der Waals surface area contributed by atoms with Gasteiger partial charge in [-0.1, -0.05) is 75.8 Å². The van der Waals surface area contributed by atoms with E-state index >= 15 is 0 Å². The minimum atomic E-state index is -1.02. The van der Waals surface area contributed by atoms with Gasteiger partial charge >= 0.3 is 12.1 Å². The largest absolute Gasteiger partial charge is 0.480 e. The number of benzene rings is 1. The van der Waals surface area contributed by atoms with Crippen molar-refractivity contribution in [3.8, 4) is 0 Å². The number of rotatable bonds is 11. The van der Waals surface area contributed by atoms with Crippen LogP contribution in [0.1, 0.15) is 57.4 Å². The van der Waals surface area contributed by atoms with Crippen LogP contribution in [-0.2, 0) is 16.1 Å². The summed E-state index contributed by atoms with van der Waals surface area (Å²) in [6, 6.07) is 8.40. The Morgan fingerprint density at radius 2 is 1.74 bits per heavy atom. The third-order valence-electron chi connectivity index (χ3n) is 3.65. The van der Waals surface area contributed by atoms with E-state index in [0.717, 1.165) is 24.8 Å². The number of ether oxygens (including phenoxy) is 1. The molecule has 0 radical (unpaired) electrons. The molecule has 0 bridgehead atoms. The minimum absolute atomic E-state index is 0.135. The van der Waals surface area contributed by atoms with Gasteiger partial charge in [0.2, 0.25) is 0 Å². The maximum absolute atomic E-state index is 11.7. The Kier molecular flexibility index (Phi) is 9.52. The molecule has 0 aliphatic carbocycles. The molecule has 0 aromatic heterocycles. The zero-order valence-corrected chi connectivity index (χ0v) is 13.8. The van der Waals surface area contributed by atoms with Crippen LogP contribution in [0.5, 0.6) is 0 Å². The quantitative estimate of drug-likeness (QED) is 0.601. The van der Waals surface area contributed by atoms with Gasteiger partial charge in [-0.25, -0.2) is 9.59 Å². The lowest BCUT2D eigenvalue weighted by Crippen LogP contribution is -2.40. The molecule has 128 valence electrons. The summed E-state index contributed by atoms with van der Waals surface area (Å²) in [4.78, 5) is 22.9. The van der Waals surface area contributed by atoms with Crippen LogP contribution < -0.4 is 5.32 Å². The maximum Gasteiger partial charge on any atom is 0.408 e. The van der Waals surface area contributed by atoms with Gasteiger partial charge in [0.1, 0.15) is 12.6 Å². The van der Waals surface area contributed by atoms with E-state index in [1.54, 1.807) is 0 Å². The lowest BCUT2D eigenvalue weighted by Gasteiger charge is -2.14. The number of carbonyl (C=O) groups is 2. The minimum Gasteiger partial charge on any atom is -0.480 e. The van der Waals surface area contributed by atoms with Crippen LogP contribution in [0.3, 0.4) is 0 Å². The lowest BCUT2D eigenvalue weighted by atomic mass is 10.1. The fourth-order valence-electron chi connectivity index (χ4n) is 2.29. The van der Waals surface area contributed by atoms with Gasteiger partial charge in [-0.2, -0.15) is 0 Å². The molecule has 0 unspecified atom stereocenters. The topological polar surface area (TPSA) is 75.6 Å². The number of carbonyl (C=O) groups excluding carboxylic acids is 1. The summed E-state index contributed by atoms with van der Waals surface area (Å²) in [5, 5.41) is 11.6. The van der Waals surface area contributed by atoms with E-state index in [9.17, 15) is 14.7 Å². The van der Waals surface area contributed by atoms with Crippen molar-refractivity contribution >= 4 is 12.1 Å². The second-order valence-corrected chi connectivity index (χ2v) is 5.65. The normalized spacial score (nSPS) is 11.7. The number of carboxylic acids is 1. The molecule has 0 spiro atoms. The standard InChI is InChI=1S/C18H27NO4/c1-2-3-4-5-6-10-13-16(17(20)21)19-18(22)23-14-15-11-8-7-9-12-15/h7-9,11-12,16H,2-6,10,13-14H2,1H3,(H,19,22)(H,20,21)/t16-/m0/s1. The number of amides is 1. The molecule has 1 aromatic carbocycles. The van der Waals surface area contributed by atoms with E-state index in [2.05, 4.69) is 12.2 Å². The SMILES string of the molecule is CCCCCCCC[C@H](NC(=O)OCc1ccccc1)C(=O)O. The van der Waals surface area contributed by atoms with Gasteiger partial charge in [0.05, 0.1) is 0 Å². The Morgan fingerprint density at radius 1 is 1.09 bits per heavy atom. The Morgan fingerprint density at radius 3 is 2.39 bits per heavy atom. The first-order chi connectivity index (χ1) is 11.1. The highest BCUT2D eigenvalue weighted by Gasteiger charge is 2.20. The monoisotopic (exact) mass is 321 g/mol. The second-order valence-electron chi connectivity index (χ2n) is 5.65. The molecule has 0 saturated heterocycles. The van der Waals surface area contributed by atoms with Crippen molar-refractivity contribution in [2.75, 3.05) is 0 Å². The third-order valence-corrected chi connectivity index (χ3v) is 3.65. The second kappa shape index (κ2) is 11.5. The first kappa shape index (κ1) is 19.0. The molecular weight excluding hydrogens is 294 g/mol. The van der Waals surface area contributed by atoms with Crippen LogP contribution >= 0.6 is 0 Å². The highest BCUT2D eigenvalue weighted by molar-refractivity contribution is 5.79. The summed E-state index contributed by atoms with van der Waals surface area (Å²) < 4.78 is 5.05. The summed E-state index contributed by atoms with van der Waals surface area (Å²) in [6.45, 7) is 2.29. The molecular formula is C18H27NO4. The summed E-state index contributed by atoms with van der Waals surface area (Å²) in [7, 11) is 0. The van der Waals surface area contributed by atoms with Crippen LogP contribution in [0.2, 0.25) is 0 Å². The molecule has 0 fully saturated rings. The molecule has 0 aliphatic rings. The maximum atomic E-state index is 11.7. The molecule has 23 heavy (non-hydrogen) atoms. The van der Waals surface area contributed by atoms with E-state index in [1.807, 2.05) is 30.3 Å². The molecule has 2 N–H and O–H groups in total. The smallest absolute Gasteiger partial charge is 0.408 e. The van der Waals surface area contributed by atoms with Crippen molar-refractivity contribution in [3.05, 3.63) is 35.9 Å². The van der Waals surface area contributed by atoms with Crippen LogP contribution in [0.25, 0.3) is 0 Å². The molecule has 0 heterocycles. The van der Waals surface area contributed by atoms with Gasteiger partial charge in [0.15, 0.2) is 0 Å². The van der Waals surface area contributed by atoms with Crippen LogP contribution in [0, 0.1) is 0 Å². The molecule has 1 aromatic rings. The summed E-state index contributed by atoms with van der Waals surface area (Å²) in [5.74, 6) is -1.02. The van der Waals surface area contributed by atoms with Gasteiger partial charge < -0.3 is 15.2 Å². The predicted octanol–water partition coefficient (Wildman–Crippen LogP) is 4.12. The first-order valence-corrected chi connectivity index (χ1v) is 8.33. The summed E-state index contributed by atoms with van der Waals surface area (Å²) in [5.41, 5.74) is 0.866. The van der Waals surface area contributed by atoms with Crippen molar-refractivity contribution in [2.24, 2.45) is 0 Å². The summed E-state index contributed by atoms with van der Waals surface area (Å²) in [6.07, 6.45) is 6.22. The van der Waals surface area contributed by atoms with Gasteiger partial charge in [0, 0.05) is 0 Å². The third kappa shape index (κ3) is 8.86. The van der Waals surface area contributed by atoms with E-state index in [-0.39, 0.29) is 6.61 Å². The number of alkyl carbamates (subject to hydrolysis) is 1. The highest BCUT2D eigenvalue weighted by atomic mass is 16.5. The van der Waals surface area contributed by atoms with Gasteiger partial charge in [-0.05, 0) is 12.0 Å². The Bertz CT molecular complexity index is 461. The molecule has 5 heteroatoms. The van der Waals surface area contributed by atoms with Crippen LogP contribution in [0.4, 0.5) is 4.79 Å². The van der Waals surface area contributed by atoms with E-state index < -0.39 is 18.1 Å². The van der Waals surface area contributed by atoms with E-state index in [4.69, 9.17) is 4.74 Å². The molecule has 1 atom stereocenters. The molecule has 5 nitrogen and oxygen atoms in total. The first-order valence-electron chi connectivity index (χ1n) is 8.33. The lowest BCUT2D eigenvalue weighted by molar-refractivity contribution is -0.139. The van der Waals surface area contributed by atoms with Crippen molar-refractivity contribution in [3.63, 3.8) is 0 Å². The molecule has 1 rings (SSSR count). The molecule has 0 aliphatic heterocycles. The zero-order valence-electron chi connectivity index (χ0n) is 13.8. The Balaban J connectivity index is 2.25. The van der Waals surface area contributed by atoms with Crippen molar-refractivity contribution in [1.29, 1.82) is 0 Å². The van der Waals surface area contributed by atoms with Crippen molar-refractivity contribution < 1.29 is 19.4 Å². The highest BCUT2D eigenvalue weighted by Crippen LogP contribution is 2.09. The number of carboxylic acid groups (broad SMARTS) is 1. The number of hydrogen-bond donors (Lipinski definition) is 2. The molecule has 1 amide bonds. The predicted molar refractivity (Wildman–Crippen MR) is 89.2 cm³/mol. The number of nitrogens with one attached hydrogen (secondary N) is 1. The van der Waals surface area contributed by atoms with Crippen molar-refractivity contribution in [1.82, 2.24) is 5.32 Å². The van der Waals surface area contributed by atoms with E-state index in [0.29, 0.717) is 6.42 Å².